The molecule has 0 aromatic heterocycles. The number of hydrogen-bond acceptors (Lipinski definition) is 4. The highest BCUT2D eigenvalue weighted by Gasteiger charge is 2.36. The zero-order valence-electron chi connectivity index (χ0n) is 14.8. The van der Waals surface area contributed by atoms with E-state index in [2.05, 4.69) is 27.9 Å². The molecule has 1 fully saturated rings. The van der Waals surface area contributed by atoms with Gasteiger partial charge in [-0.3, -0.25) is 14.9 Å². The normalized spacial score (nSPS) is 15.9. The molecule has 1 aliphatic heterocycles. The Morgan fingerprint density at radius 1 is 1.15 bits per heavy atom. The molecule has 3 rings (SSSR count). The molecule has 6 nitrogen and oxygen atoms in total. The number of ether oxygens (including phenoxy) is 1. The molecule has 0 atom stereocenters. The number of carbonyl (C=O) groups is 3. The van der Waals surface area contributed by atoms with Crippen molar-refractivity contribution < 1.29 is 19.1 Å². The first-order valence-electron chi connectivity index (χ1n) is 8.30. The summed E-state index contributed by atoms with van der Waals surface area (Å²) in [7, 11) is 0. The Kier molecular flexibility index (Phi) is 5.59. The predicted molar refractivity (Wildman–Crippen MR) is 111 cm³/mol. The number of nitrogens with one attached hydrogen (secondary N) is 1. The van der Waals surface area contributed by atoms with Gasteiger partial charge in [-0.25, -0.2) is 9.69 Å². The topological polar surface area (TPSA) is 75.7 Å². The van der Waals surface area contributed by atoms with E-state index in [1.54, 1.807) is 24.3 Å². The smallest absolute Gasteiger partial charge is 0.335 e. The van der Waals surface area contributed by atoms with Crippen LogP contribution in [-0.2, 0) is 9.59 Å². The molecule has 2 aromatic rings. The number of anilines is 1. The van der Waals surface area contributed by atoms with Crippen molar-refractivity contribution >= 4 is 52.2 Å². The lowest BCUT2D eigenvalue weighted by atomic mass is 10.1. The molecule has 1 saturated heterocycles. The molecule has 2 aromatic carbocycles. The third kappa shape index (κ3) is 4.19. The molecular weight excluding hydrogens is 459 g/mol. The van der Waals surface area contributed by atoms with E-state index in [-0.39, 0.29) is 5.57 Å². The van der Waals surface area contributed by atoms with Gasteiger partial charge in [0.05, 0.1) is 12.3 Å². The van der Waals surface area contributed by atoms with Crippen LogP contribution < -0.4 is 15.0 Å². The van der Waals surface area contributed by atoms with E-state index in [1.807, 2.05) is 32.0 Å². The van der Waals surface area contributed by atoms with Crippen LogP contribution in [0.5, 0.6) is 5.75 Å². The van der Waals surface area contributed by atoms with Crippen LogP contribution in [0.2, 0.25) is 0 Å². The number of benzene rings is 2. The lowest BCUT2D eigenvalue weighted by molar-refractivity contribution is -0.122. The summed E-state index contributed by atoms with van der Waals surface area (Å²) in [6, 6.07) is 11.6. The van der Waals surface area contributed by atoms with Crippen LogP contribution in [0.25, 0.3) is 6.08 Å². The molecule has 4 amide bonds. The van der Waals surface area contributed by atoms with Crippen LogP contribution in [0.4, 0.5) is 10.5 Å². The van der Waals surface area contributed by atoms with Gasteiger partial charge in [-0.05, 0) is 84.0 Å². The Morgan fingerprint density at radius 3 is 2.63 bits per heavy atom. The first kappa shape index (κ1) is 19.1. The van der Waals surface area contributed by atoms with Crippen LogP contribution in [0.15, 0.2) is 48.0 Å². The number of amides is 4. The molecule has 0 bridgehead atoms. The van der Waals surface area contributed by atoms with E-state index < -0.39 is 17.8 Å². The Hall–Kier alpha value is -2.68. The van der Waals surface area contributed by atoms with Gasteiger partial charge in [-0.15, -0.1) is 0 Å². The van der Waals surface area contributed by atoms with Crippen molar-refractivity contribution in [1.82, 2.24) is 5.32 Å². The first-order valence-corrected chi connectivity index (χ1v) is 9.38. The third-order valence-electron chi connectivity index (χ3n) is 3.88. The van der Waals surface area contributed by atoms with E-state index >= 15 is 0 Å². The van der Waals surface area contributed by atoms with E-state index in [0.29, 0.717) is 23.6 Å². The maximum absolute atomic E-state index is 12.9. The summed E-state index contributed by atoms with van der Waals surface area (Å²) in [6.45, 7) is 4.24. The largest absolute Gasteiger partial charge is 0.494 e. The monoisotopic (exact) mass is 476 g/mol. The summed E-state index contributed by atoms with van der Waals surface area (Å²) in [6.07, 6.45) is 1.47. The molecule has 0 aliphatic carbocycles. The molecule has 138 valence electrons. The molecule has 1 heterocycles. The van der Waals surface area contributed by atoms with Crippen LogP contribution >= 0.6 is 22.6 Å². The number of imide groups is 2. The van der Waals surface area contributed by atoms with Crippen molar-refractivity contribution in [1.29, 1.82) is 0 Å². The minimum atomic E-state index is -0.759. The van der Waals surface area contributed by atoms with Gasteiger partial charge in [-0.2, -0.15) is 0 Å². The van der Waals surface area contributed by atoms with Gasteiger partial charge >= 0.3 is 6.03 Å². The number of nitrogens with zero attached hydrogens (tertiary/aromatic N) is 1. The van der Waals surface area contributed by atoms with Crippen molar-refractivity contribution in [2.24, 2.45) is 0 Å². The molecule has 1 aliphatic rings. The number of hydrogen-bond donors (Lipinski definition) is 1. The second kappa shape index (κ2) is 7.91. The highest BCUT2D eigenvalue weighted by Crippen LogP contribution is 2.25. The number of barbiturate groups is 1. The molecule has 27 heavy (non-hydrogen) atoms. The van der Waals surface area contributed by atoms with Crippen molar-refractivity contribution in [2.75, 3.05) is 11.5 Å². The minimum Gasteiger partial charge on any atom is -0.494 e. The summed E-state index contributed by atoms with van der Waals surface area (Å²) < 4.78 is 6.41. The van der Waals surface area contributed by atoms with E-state index in [9.17, 15) is 14.4 Å². The average molecular weight is 476 g/mol. The third-order valence-corrected chi connectivity index (χ3v) is 4.50. The number of rotatable bonds is 4. The highest BCUT2D eigenvalue weighted by atomic mass is 127. The zero-order valence-corrected chi connectivity index (χ0v) is 16.9. The molecule has 0 radical (unpaired) electrons. The SMILES string of the molecule is CCOc1cc(I)cc(/C=C2\C(=O)NC(=O)N(c3cccc(C)c3)C2=O)c1. The van der Waals surface area contributed by atoms with Gasteiger partial charge < -0.3 is 4.74 Å². The molecule has 7 heteroatoms. The highest BCUT2D eigenvalue weighted by molar-refractivity contribution is 14.1. The number of aryl methyl sites for hydroxylation is 1. The number of carbonyl (C=O) groups excluding carboxylic acids is 3. The van der Waals surface area contributed by atoms with Gasteiger partial charge in [0.15, 0.2) is 0 Å². The number of halogens is 1. The summed E-state index contributed by atoms with van der Waals surface area (Å²) in [5.74, 6) is -0.733. The summed E-state index contributed by atoms with van der Waals surface area (Å²) in [4.78, 5) is 38.4. The van der Waals surface area contributed by atoms with Gasteiger partial charge in [0.25, 0.3) is 11.8 Å². The summed E-state index contributed by atoms with van der Waals surface area (Å²) in [5.41, 5.74) is 1.84. The summed E-state index contributed by atoms with van der Waals surface area (Å²) >= 11 is 2.14. The predicted octanol–water partition coefficient (Wildman–Crippen LogP) is 3.66. The molecular formula is C20H17IN2O4. The maximum atomic E-state index is 12.9. The second-order valence-corrected chi connectivity index (χ2v) is 7.20. The van der Waals surface area contributed by atoms with Crippen molar-refractivity contribution in [2.45, 2.75) is 13.8 Å². The minimum absolute atomic E-state index is 0.111. The zero-order chi connectivity index (χ0) is 19.6. The molecule has 1 N–H and O–H groups in total. The Labute approximate surface area is 170 Å². The van der Waals surface area contributed by atoms with Crippen molar-refractivity contribution in [3.05, 3.63) is 62.7 Å². The quantitative estimate of drug-likeness (QED) is 0.415. The van der Waals surface area contributed by atoms with Gasteiger partial charge in [0.2, 0.25) is 0 Å². The maximum Gasteiger partial charge on any atom is 0.335 e. The van der Waals surface area contributed by atoms with Gasteiger partial charge in [-0.1, -0.05) is 12.1 Å². The number of urea groups is 1. The van der Waals surface area contributed by atoms with Crippen LogP contribution in [0.1, 0.15) is 18.1 Å². The van der Waals surface area contributed by atoms with Crippen LogP contribution in [0.3, 0.4) is 0 Å². The van der Waals surface area contributed by atoms with Gasteiger partial charge in [0.1, 0.15) is 11.3 Å². The fourth-order valence-electron chi connectivity index (χ4n) is 2.74. The lowest BCUT2D eigenvalue weighted by Crippen LogP contribution is -2.54. The van der Waals surface area contributed by atoms with Crippen LogP contribution in [0, 0.1) is 10.5 Å². The second-order valence-electron chi connectivity index (χ2n) is 5.95. The fraction of sp³-hybridized carbons (Fsp3) is 0.150. The van der Waals surface area contributed by atoms with Gasteiger partial charge in [0, 0.05) is 3.57 Å². The summed E-state index contributed by atoms with van der Waals surface area (Å²) in [5, 5.41) is 2.23. The molecule has 0 spiro atoms. The fourth-order valence-corrected chi connectivity index (χ4v) is 3.41. The lowest BCUT2D eigenvalue weighted by Gasteiger charge is -2.26. The van der Waals surface area contributed by atoms with E-state index in [1.165, 1.54) is 6.08 Å². The van der Waals surface area contributed by atoms with Crippen LogP contribution in [-0.4, -0.2) is 24.5 Å². The molecule has 0 unspecified atom stereocenters. The van der Waals surface area contributed by atoms with E-state index in [0.717, 1.165) is 14.0 Å². The van der Waals surface area contributed by atoms with Crippen molar-refractivity contribution in [3.8, 4) is 5.75 Å². The molecule has 0 saturated carbocycles. The average Bonchev–Trinajstić information content (AvgIpc) is 2.58. The Bertz CT molecular complexity index is 968. The standard InChI is InChI=1S/C20H17IN2O4/c1-3-27-16-9-13(8-14(21)11-16)10-17-18(24)22-20(26)23(19(17)25)15-6-4-5-12(2)7-15/h4-11H,3H2,1-2H3,(H,22,24,26)/b17-10+. The Morgan fingerprint density at radius 2 is 1.93 bits per heavy atom. The van der Waals surface area contributed by atoms with E-state index in [4.69, 9.17) is 4.74 Å². The van der Waals surface area contributed by atoms with Crippen molar-refractivity contribution in [3.63, 3.8) is 0 Å². The Balaban J connectivity index is 2.02. The first-order chi connectivity index (χ1) is 12.9.